The Morgan fingerprint density at radius 2 is 2.06 bits per heavy atom. The Kier molecular flexibility index (Phi) is 6.68. The number of hydrogen-bond donors (Lipinski definition) is 1. The molecule has 0 saturated heterocycles. The number of ether oxygens (including phenoxy) is 1. The van der Waals surface area contributed by atoms with Gasteiger partial charge in [-0.25, -0.2) is 0 Å². The molecule has 0 fully saturated rings. The fraction of sp³-hybridized carbons (Fsp3) is 0.643. The number of unbranched alkanes of at least 4 members (excludes halogenated alkanes) is 2. The number of aryl methyl sites for hydroxylation is 1. The Bertz CT molecular complexity index is 355. The molecule has 4 heteroatoms. The first-order chi connectivity index (χ1) is 8.65. The maximum absolute atomic E-state index is 5.48. The lowest BCUT2D eigenvalue weighted by Gasteiger charge is -2.16. The fourth-order valence-electron chi connectivity index (χ4n) is 1.96. The van der Waals surface area contributed by atoms with E-state index in [9.17, 15) is 0 Å². The standard InChI is InChI=1S/C14H25N3O/c1-12-9-14(18-3)10-13(16-12)11-17(2)8-6-4-5-7-15/h9-10H,4-8,11,15H2,1-3H3. The zero-order valence-corrected chi connectivity index (χ0v) is 11.8. The lowest BCUT2D eigenvalue weighted by atomic mass is 10.2. The summed E-state index contributed by atoms with van der Waals surface area (Å²) in [5.41, 5.74) is 7.54. The summed E-state index contributed by atoms with van der Waals surface area (Å²) in [5.74, 6) is 0.883. The summed E-state index contributed by atoms with van der Waals surface area (Å²) in [6.07, 6.45) is 3.51. The highest BCUT2D eigenvalue weighted by Crippen LogP contribution is 2.14. The molecule has 1 aromatic heterocycles. The van der Waals surface area contributed by atoms with Gasteiger partial charge in [0.1, 0.15) is 5.75 Å². The van der Waals surface area contributed by atoms with E-state index in [2.05, 4.69) is 16.9 Å². The van der Waals surface area contributed by atoms with Gasteiger partial charge >= 0.3 is 0 Å². The predicted octanol–water partition coefficient (Wildman–Crippen LogP) is 1.96. The summed E-state index contributed by atoms with van der Waals surface area (Å²) in [6, 6.07) is 3.95. The Morgan fingerprint density at radius 3 is 2.72 bits per heavy atom. The van der Waals surface area contributed by atoms with Gasteiger partial charge in [0.05, 0.1) is 12.8 Å². The Labute approximate surface area is 110 Å². The Hall–Kier alpha value is -1.13. The minimum absolute atomic E-state index is 0.792. The third kappa shape index (κ3) is 5.47. The van der Waals surface area contributed by atoms with Crippen LogP contribution in [0.5, 0.6) is 5.75 Å². The van der Waals surface area contributed by atoms with E-state index in [4.69, 9.17) is 10.5 Å². The van der Waals surface area contributed by atoms with Crippen molar-refractivity contribution in [3.8, 4) is 5.75 Å². The number of methoxy groups -OCH3 is 1. The molecule has 0 aliphatic heterocycles. The van der Waals surface area contributed by atoms with E-state index >= 15 is 0 Å². The van der Waals surface area contributed by atoms with Crippen LogP contribution in [0.4, 0.5) is 0 Å². The summed E-state index contributed by atoms with van der Waals surface area (Å²) < 4.78 is 5.26. The summed E-state index contributed by atoms with van der Waals surface area (Å²) in [7, 11) is 3.81. The minimum Gasteiger partial charge on any atom is -0.497 e. The molecule has 102 valence electrons. The minimum atomic E-state index is 0.792. The van der Waals surface area contributed by atoms with Crippen LogP contribution in [0, 0.1) is 6.92 Å². The molecule has 0 radical (unpaired) electrons. The SMILES string of the molecule is COc1cc(C)nc(CN(C)CCCCCN)c1. The molecule has 0 saturated carbocycles. The van der Waals surface area contributed by atoms with Crippen molar-refractivity contribution in [1.82, 2.24) is 9.88 Å². The Morgan fingerprint density at radius 1 is 1.28 bits per heavy atom. The lowest BCUT2D eigenvalue weighted by molar-refractivity contribution is 0.312. The quantitative estimate of drug-likeness (QED) is 0.718. The zero-order chi connectivity index (χ0) is 13.4. The van der Waals surface area contributed by atoms with Gasteiger partial charge < -0.3 is 15.4 Å². The number of nitrogens with zero attached hydrogens (tertiary/aromatic N) is 2. The summed E-state index contributed by atoms with van der Waals surface area (Å²) in [4.78, 5) is 6.81. The van der Waals surface area contributed by atoms with Gasteiger partial charge in [-0.15, -0.1) is 0 Å². The lowest BCUT2D eigenvalue weighted by Crippen LogP contribution is -2.20. The highest BCUT2D eigenvalue weighted by atomic mass is 16.5. The molecular weight excluding hydrogens is 226 g/mol. The average Bonchev–Trinajstić information content (AvgIpc) is 2.34. The van der Waals surface area contributed by atoms with Gasteiger partial charge in [0.15, 0.2) is 0 Å². The van der Waals surface area contributed by atoms with Crippen LogP contribution < -0.4 is 10.5 Å². The number of rotatable bonds is 8. The van der Waals surface area contributed by atoms with Crippen molar-refractivity contribution in [3.05, 3.63) is 23.5 Å². The molecule has 1 heterocycles. The van der Waals surface area contributed by atoms with Crippen molar-refractivity contribution in [2.24, 2.45) is 5.73 Å². The van der Waals surface area contributed by atoms with Crippen LogP contribution in [0.15, 0.2) is 12.1 Å². The molecule has 1 rings (SSSR count). The number of nitrogens with two attached hydrogens (primary N) is 1. The van der Waals surface area contributed by atoms with Crippen molar-refractivity contribution < 1.29 is 4.74 Å². The van der Waals surface area contributed by atoms with Crippen LogP contribution in [0.3, 0.4) is 0 Å². The molecular formula is C14H25N3O. The Balaban J connectivity index is 2.43. The normalized spacial score (nSPS) is 10.9. The van der Waals surface area contributed by atoms with E-state index in [0.29, 0.717) is 0 Å². The fourth-order valence-corrected chi connectivity index (χ4v) is 1.96. The van der Waals surface area contributed by atoms with E-state index in [-0.39, 0.29) is 0 Å². The second kappa shape index (κ2) is 8.06. The van der Waals surface area contributed by atoms with Crippen LogP contribution in [-0.4, -0.2) is 37.1 Å². The van der Waals surface area contributed by atoms with Crippen molar-refractivity contribution in [1.29, 1.82) is 0 Å². The second-order valence-electron chi connectivity index (χ2n) is 4.73. The van der Waals surface area contributed by atoms with Gasteiger partial charge in [0.2, 0.25) is 0 Å². The van der Waals surface area contributed by atoms with Crippen LogP contribution in [-0.2, 0) is 6.54 Å². The molecule has 2 N–H and O–H groups in total. The molecule has 0 amide bonds. The van der Waals surface area contributed by atoms with Crippen molar-refractivity contribution in [3.63, 3.8) is 0 Å². The van der Waals surface area contributed by atoms with E-state index in [1.165, 1.54) is 12.8 Å². The average molecular weight is 251 g/mol. The molecule has 4 nitrogen and oxygen atoms in total. The molecule has 0 unspecified atom stereocenters. The topological polar surface area (TPSA) is 51.4 Å². The van der Waals surface area contributed by atoms with Gasteiger partial charge in [-0.05, 0) is 39.9 Å². The zero-order valence-electron chi connectivity index (χ0n) is 11.8. The predicted molar refractivity (Wildman–Crippen MR) is 74.8 cm³/mol. The van der Waals surface area contributed by atoms with Crippen LogP contribution in [0.25, 0.3) is 0 Å². The van der Waals surface area contributed by atoms with E-state index in [1.54, 1.807) is 7.11 Å². The third-order valence-corrected chi connectivity index (χ3v) is 2.89. The molecule has 0 spiro atoms. The summed E-state index contributed by atoms with van der Waals surface area (Å²) >= 11 is 0. The van der Waals surface area contributed by atoms with Crippen molar-refractivity contribution in [2.75, 3.05) is 27.2 Å². The first kappa shape index (κ1) is 14.9. The number of pyridine rings is 1. The molecule has 18 heavy (non-hydrogen) atoms. The van der Waals surface area contributed by atoms with E-state index in [1.807, 2.05) is 19.1 Å². The second-order valence-corrected chi connectivity index (χ2v) is 4.73. The molecule has 0 aliphatic carbocycles. The van der Waals surface area contributed by atoms with Gasteiger partial charge in [0.25, 0.3) is 0 Å². The number of hydrogen-bond acceptors (Lipinski definition) is 4. The molecule has 1 aromatic rings. The highest BCUT2D eigenvalue weighted by Gasteiger charge is 2.04. The van der Waals surface area contributed by atoms with Crippen LogP contribution in [0.1, 0.15) is 30.7 Å². The molecule has 0 bridgehead atoms. The monoisotopic (exact) mass is 251 g/mol. The first-order valence-electron chi connectivity index (χ1n) is 6.56. The van der Waals surface area contributed by atoms with Gasteiger partial charge in [0, 0.05) is 24.4 Å². The van der Waals surface area contributed by atoms with Gasteiger partial charge in [-0.1, -0.05) is 6.42 Å². The third-order valence-electron chi connectivity index (χ3n) is 2.89. The summed E-state index contributed by atoms with van der Waals surface area (Å²) in [5, 5.41) is 0. The molecule has 0 atom stereocenters. The molecule has 0 aromatic carbocycles. The first-order valence-corrected chi connectivity index (χ1v) is 6.56. The maximum atomic E-state index is 5.48. The van der Waals surface area contributed by atoms with E-state index < -0.39 is 0 Å². The van der Waals surface area contributed by atoms with Gasteiger partial charge in [-0.2, -0.15) is 0 Å². The van der Waals surface area contributed by atoms with Crippen molar-refractivity contribution in [2.45, 2.75) is 32.7 Å². The van der Waals surface area contributed by atoms with Crippen molar-refractivity contribution >= 4 is 0 Å². The van der Waals surface area contributed by atoms with Crippen LogP contribution >= 0.6 is 0 Å². The molecule has 0 aliphatic rings. The summed E-state index contributed by atoms with van der Waals surface area (Å²) in [6.45, 7) is 4.73. The largest absolute Gasteiger partial charge is 0.497 e. The highest BCUT2D eigenvalue weighted by molar-refractivity contribution is 5.26. The van der Waals surface area contributed by atoms with Crippen LogP contribution in [0.2, 0.25) is 0 Å². The van der Waals surface area contributed by atoms with E-state index in [0.717, 1.165) is 43.2 Å². The van der Waals surface area contributed by atoms with Gasteiger partial charge in [-0.3, -0.25) is 4.98 Å². The smallest absolute Gasteiger partial charge is 0.122 e. The maximum Gasteiger partial charge on any atom is 0.122 e. The number of aromatic nitrogens is 1.